The topological polar surface area (TPSA) is 172 Å². The molecule has 180 valence electrons. The first-order valence-electron chi connectivity index (χ1n) is 10.1. The highest BCUT2D eigenvalue weighted by Gasteiger charge is 2.72. The van der Waals surface area contributed by atoms with E-state index in [2.05, 4.69) is 76.9 Å². The molecule has 4 saturated carbocycles. The van der Waals surface area contributed by atoms with Gasteiger partial charge in [-0.3, -0.25) is 19.2 Å². The van der Waals surface area contributed by atoms with Gasteiger partial charge in [-0.05, 0) is 50.4 Å². The molecule has 32 heavy (non-hydrogen) atoms. The van der Waals surface area contributed by atoms with Crippen molar-refractivity contribution in [2.45, 2.75) is 56.8 Å². The van der Waals surface area contributed by atoms with Crippen molar-refractivity contribution in [2.24, 2.45) is 45.6 Å². The number of hydrogen-bond donors (Lipinski definition) is 4. The van der Waals surface area contributed by atoms with Crippen molar-refractivity contribution in [3.05, 3.63) is 13.2 Å². The lowest BCUT2D eigenvalue weighted by Crippen LogP contribution is -2.59. The minimum absolute atomic E-state index is 0.108. The molecule has 0 heterocycles. The van der Waals surface area contributed by atoms with E-state index in [0.717, 1.165) is 12.8 Å². The molecule has 8 nitrogen and oxygen atoms in total. The summed E-state index contributed by atoms with van der Waals surface area (Å²) in [7, 11) is 0. The maximum atomic E-state index is 11.6. The lowest BCUT2D eigenvalue weighted by atomic mass is 9.73. The number of rotatable bonds is 4. The van der Waals surface area contributed by atoms with E-state index in [0.29, 0.717) is 37.5 Å². The van der Waals surface area contributed by atoms with Crippen LogP contribution >= 0.6 is 63.7 Å². The van der Waals surface area contributed by atoms with Gasteiger partial charge in [-0.1, -0.05) is 63.7 Å². The van der Waals surface area contributed by atoms with Crippen molar-refractivity contribution in [2.75, 3.05) is 0 Å². The minimum atomic E-state index is -1.02. The van der Waals surface area contributed by atoms with E-state index < -0.39 is 43.1 Å². The van der Waals surface area contributed by atoms with Crippen LogP contribution in [0.2, 0.25) is 0 Å². The predicted molar refractivity (Wildman–Crippen MR) is 136 cm³/mol. The van der Waals surface area contributed by atoms with Crippen molar-refractivity contribution in [3.8, 4) is 0 Å². The van der Waals surface area contributed by atoms with Crippen LogP contribution in [-0.4, -0.2) is 41.9 Å². The van der Waals surface area contributed by atoms with E-state index in [-0.39, 0.29) is 9.65 Å². The summed E-state index contributed by atoms with van der Waals surface area (Å²) in [6, 6.07) is 0. The third-order valence-electron chi connectivity index (χ3n) is 7.75. The molecule has 12 heteroatoms. The van der Waals surface area contributed by atoms with Crippen molar-refractivity contribution >= 4 is 87.3 Å². The predicted octanol–water partition coefficient (Wildman–Crippen LogP) is 2.11. The van der Waals surface area contributed by atoms with Crippen molar-refractivity contribution in [3.63, 3.8) is 0 Å². The normalized spacial score (nSPS) is 45.2. The van der Waals surface area contributed by atoms with Crippen LogP contribution in [0.15, 0.2) is 13.2 Å². The van der Waals surface area contributed by atoms with Crippen LogP contribution in [0.25, 0.3) is 0 Å². The Kier molecular flexibility index (Phi) is 8.07. The molecule has 4 rings (SSSR count). The van der Waals surface area contributed by atoms with E-state index in [1.165, 1.54) is 0 Å². The van der Waals surface area contributed by atoms with Crippen LogP contribution < -0.4 is 22.9 Å². The van der Waals surface area contributed by atoms with Gasteiger partial charge in [0.05, 0.1) is 10.8 Å². The Morgan fingerprint density at radius 3 is 1.12 bits per heavy atom. The summed E-state index contributed by atoms with van der Waals surface area (Å²) in [6.07, 6.45) is 4.41. The molecule has 4 bridgehead atoms. The summed E-state index contributed by atoms with van der Waals surface area (Å²) < 4.78 is -2.04. The number of hydrogen-bond acceptors (Lipinski definition) is 4. The second-order valence-corrected chi connectivity index (χ2v) is 13.3. The number of primary amides is 4. The fraction of sp³-hybridized carbons (Fsp3) is 0.700. The summed E-state index contributed by atoms with van der Waals surface area (Å²) in [5.74, 6) is -1.28. The van der Waals surface area contributed by atoms with Crippen molar-refractivity contribution < 1.29 is 19.2 Å². The molecule has 4 fully saturated rings. The Morgan fingerprint density at radius 2 is 0.938 bits per heavy atom. The van der Waals surface area contributed by atoms with Crippen LogP contribution in [0.5, 0.6) is 0 Å². The van der Waals surface area contributed by atoms with Crippen molar-refractivity contribution in [1.82, 2.24) is 0 Å². The van der Waals surface area contributed by atoms with Crippen LogP contribution in [0.4, 0.5) is 0 Å². The van der Waals surface area contributed by atoms with Gasteiger partial charge in [-0.25, -0.2) is 0 Å². The SMILES string of the molecule is C=C.NC(=O)C12CCC(C1)C(Br)C2(Br)C(N)=O.NC(=O)C12CCC(C1)C(Br)C2(Br)C(N)=O. The lowest BCUT2D eigenvalue weighted by molar-refractivity contribution is -0.134. The van der Waals surface area contributed by atoms with E-state index in [9.17, 15) is 19.2 Å². The molecule has 8 atom stereocenters. The van der Waals surface area contributed by atoms with Gasteiger partial charge in [-0.2, -0.15) is 0 Å². The van der Waals surface area contributed by atoms with Gasteiger partial charge in [0.1, 0.15) is 8.65 Å². The molecule has 0 radical (unpaired) electrons. The van der Waals surface area contributed by atoms with Crippen LogP contribution in [0.3, 0.4) is 0 Å². The smallest absolute Gasteiger partial charge is 0.236 e. The van der Waals surface area contributed by atoms with E-state index >= 15 is 0 Å². The van der Waals surface area contributed by atoms with Gasteiger partial charge in [0.2, 0.25) is 23.6 Å². The third-order valence-corrected chi connectivity index (χ3v) is 15.1. The Labute approximate surface area is 220 Å². The van der Waals surface area contributed by atoms with E-state index in [1.54, 1.807) is 0 Å². The first kappa shape index (κ1) is 27.8. The maximum absolute atomic E-state index is 11.6. The summed E-state index contributed by atoms with van der Waals surface area (Å²) in [6.45, 7) is 6.00. The summed E-state index contributed by atoms with van der Waals surface area (Å²) in [4.78, 5) is 46.1. The summed E-state index contributed by atoms with van der Waals surface area (Å²) in [5.41, 5.74) is 20.1. The van der Waals surface area contributed by atoms with Gasteiger partial charge >= 0.3 is 0 Å². The number of carbonyl (C=O) groups is 4. The van der Waals surface area contributed by atoms with Gasteiger partial charge < -0.3 is 22.9 Å². The first-order chi connectivity index (χ1) is 14.7. The molecule has 4 amide bonds. The van der Waals surface area contributed by atoms with Gasteiger partial charge in [0.15, 0.2) is 0 Å². The Hall–Kier alpha value is -0.460. The van der Waals surface area contributed by atoms with Crippen LogP contribution in [0, 0.1) is 22.7 Å². The molecular formula is C20H28Br4N4O4. The lowest BCUT2D eigenvalue weighted by Gasteiger charge is -2.40. The maximum Gasteiger partial charge on any atom is 0.236 e. The van der Waals surface area contributed by atoms with E-state index in [1.807, 2.05) is 0 Å². The number of alkyl halides is 4. The Balaban J connectivity index is 0.000000211. The fourth-order valence-electron chi connectivity index (χ4n) is 6.05. The number of halogens is 4. The Bertz CT molecular complexity index is 752. The largest absolute Gasteiger partial charge is 0.369 e. The zero-order valence-corrected chi connectivity index (χ0v) is 23.8. The quantitative estimate of drug-likeness (QED) is 0.259. The standard InChI is InChI=1S/2C9H12Br2N2O2.C2H4/c2*10-5-4-1-2-8(3-4,6(12)14)9(5,11)7(13)15;1-2/h2*4-5H,1-3H2,(H2,12,14)(H2,13,15);1-2H2. The third kappa shape index (κ3) is 3.45. The zero-order valence-electron chi connectivity index (χ0n) is 17.4. The molecule has 4 aliphatic rings. The van der Waals surface area contributed by atoms with Crippen LogP contribution in [0.1, 0.15) is 38.5 Å². The average molecular weight is 708 g/mol. The monoisotopic (exact) mass is 704 g/mol. The molecule has 0 aromatic rings. The highest BCUT2D eigenvalue weighted by atomic mass is 79.9. The number of carbonyl (C=O) groups excluding carboxylic acids is 4. The fourth-order valence-corrected chi connectivity index (χ4v) is 10.1. The molecule has 4 aliphatic carbocycles. The summed E-state index contributed by atoms with van der Waals surface area (Å²) in [5, 5.41) is 0. The highest BCUT2D eigenvalue weighted by molar-refractivity contribution is 9.13. The Morgan fingerprint density at radius 1 is 0.656 bits per heavy atom. The number of fused-ring (bicyclic) bond motifs is 4. The van der Waals surface area contributed by atoms with Crippen LogP contribution in [-0.2, 0) is 19.2 Å². The minimum Gasteiger partial charge on any atom is -0.369 e. The highest BCUT2D eigenvalue weighted by Crippen LogP contribution is 2.66. The second kappa shape index (κ2) is 9.30. The average Bonchev–Trinajstić information content (AvgIpc) is 3.47. The first-order valence-corrected chi connectivity index (χ1v) is 13.5. The van der Waals surface area contributed by atoms with E-state index in [4.69, 9.17) is 22.9 Å². The molecule has 0 spiro atoms. The van der Waals surface area contributed by atoms with Gasteiger partial charge in [0, 0.05) is 9.65 Å². The summed E-state index contributed by atoms with van der Waals surface area (Å²) >= 11 is 13.7. The second-order valence-electron chi connectivity index (χ2n) is 8.85. The van der Waals surface area contributed by atoms with Gasteiger partial charge in [0.25, 0.3) is 0 Å². The molecule has 8 unspecified atom stereocenters. The number of nitrogens with two attached hydrogens (primary N) is 4. The molecule has 0 aliphatic heterocycles. The van der Waals surface area contributed by atoms with Crippen molar-refractivity contribution in [1.29, 1.82) is 0 Å². The molecule has 8 N–H and O–H groups in total. The number of amides is 4. The zero-order chi connectivity index (χ0) is 24.9. The molecule has 0 saturated heterocycles. The van der Waals surface area contributed by atoms with Gasteiger partial charge in [-0.15, -0.1) is 13.2 Å². The molecule has 0 aromatic heterocycles. The molecular weight excluding hydrogens is 680 g/mol. The molecule has 0 aromatic carbocycles.